The molecule has 0 spiro atoms. The van der Waals surface area contributed by atoms with Crippen molar-refractivity contribution in [3.8, 4) is 11.9 Å². The Morgan fingerprint density at radius 2 is 1.77 bits per heavy atom. The van der Waals surface area contributed by atoms with E-state index < -0.39 is 8.53 Å². The molecule has 0 saturated carbocycles. The molecular formula is C28H43N8O3P. The van der Waals surface area contributed by atoms with Gasteiger partial charge in [0.25, 0.3) is 14.5 Å². The van der Waals surface area contributed by atoms with Gasteiger partial charge < -0.3 is 29.3 Å². The highest BCUT2D eigenvalue weighted by Gasteiger charge is 2.27. The van der Waals surface area contributed by atoms with Crippen molar-refractivity contribution in [1.29, 1.82) is 5.26 Å². The SMILES string of the molecule is C=CN(CCCOP(OCCC#N)N(C(C)C)C(C)C)c1nc(N=CN(C)C)nc(OCc2ccccc2)c1N. The molecule has 1 aromatic heterocycles. The van der Waals surface area contributed by atoms with Crippen LogP contribution in [-0.2, 0) is 15.7 Å². The van der Waals surface area contributed by atoms with E-state index in [4.69, 9.17) is 24.8 Å². The molecule has 0 amide bonds. The van der Waals surface area contributed by atoms with E-state index in [0.29, 0.717) is 50.7 Å². The van der Waals surface area contributed by atoms with Crippen LogP contribution in [0.3, 0.4) is 0 Å². The van der Waals surface area contributed by atoms with Crippen molar-refractivity contribution in [2.75, 3.05) is 44.5 Å². The highest BCUT2D eigenvalue weighted by atomic mass is 31.2. The standard InChI is InChI=1S/C28H43N8O3P/c1-8-35(17-13-19-39-40(38-18-12-16-29)36(22(2)3)23(4)5)26-25(30)27(33-28(32-26)31-21-34(6)7)37-20-24-14-10-9-11-15-24/h8-11,14-15,21-23H,1,12-13,17-20,30H2,2-7H3. The van der Waals surface area contributed by atoms with Crippen LogP contribution in [0.5, 0.6) is 5.88 Å². The first kappa shape index (κ1) is 32.9. The minimum absolute atomic E-state index is 0.225. The van der Waals surface area contributed by atoms with Gasteiger partial charge in [0.1, 0.15) is 12.3 Å². The fourth-order valence-corrected chi connectivity index (χ4v) is 5.31. The van der Waals surface area contributed by atoms with E-state index >= 15 is 0 Å². The summed E-state index contributed by atoms with van der Waals surface area (Å²) in [6.07, 6.45) is 4.25. The van der Waals surface area contributed by atoms with E-state index in [-0.39, 0.29) is 23.9 Å². The van der Waals surface area contributed by atoms with Gasteiger partial charge in [-0.15, -0.1) is 0 Å². The third kappa shape index (κ3) is 10.7. The van der Waals surface area contributed by atoms with Gasteiger partial charge in [-0.1, -0.05) is 36.9 Å². The molecule has 2 N–H and O–H groups in total. The zero-order valence-electron chi connectivity index (χ0n) is 24.5. The van der Waals surface area contributed by atoms with Crippen LogP contribution in [0.1, 0.15) is 46.1 Å². The van der Waals surface area contributed by atoms with Gasteiger partial charge in [-0.2, -0.15) is 15.2 Å². The van der Waals surface area contributed by atoms with Crippen LogP contribution in [0.2, 0.25) is 0 Å². The lowest BCUT2D eigenvalue weighted by Crippen LogP contribution is -2.34. The molecule has 0 aliphatic carbocycles. The average Bonchev–Trinajstić information content (AvgIpc) is 2.92. The summed E-state index contributed by atoms with van der Waals surface area (Å²) in [5.41, 5.74) is 7.78. The molecule has 11 nitrogen and oxygen atoms in total. The normalized spacial score (nSPS) is 12.2. The number of hydrogen-bond acceptors (Lipinski definition) is 10. The van der Waals surface area contributed by atoms with Crippen LogP contribution in [0, 0.1) is 11.3 Å². The minimum atomic E-state index is -1.32. The second-order valence-corrected chi connectivity index (χ2v) is 11.1. The van der Waals surface area contributed by atoms with Crippen LogP contribution in [-0.4, -0.2) is 71.8 Å². The molecule has 1 atom stereocenters. The third-order valence-electron chi connectivity index (χ3n) is 5.40. The molecule has 218 valence electrons. The molecule has 0 radical (unpaired) electrons. The second-order valence-electron chi connectivity index (χ2n) is 9.66. The predicted molar refractivity (Wildman–Crippen MR) is 162 cm³/mol. The number of nitriles is 1. The van der Waals surface area contributed by atoms with Gasteiger partial charge in [-0.05, 0) is 45.9 Å². The monoisotopic (exact) mass is 570 g/mol. The number of nitrogen functional groups attached to an aromatic ring is 1. The van der Waals surface area contributed by atoms with Gasteiger partial charge in [0.2, 0.25) is 5.88 Å². The maximum atomic E-state index is 8.93. The van der Waals surface area contributed by atoms with Gasteiger partial charge in [0.05, 0.1) is 32.0 Å². The number of nitrogens with two attached hydrogens (primary N) is 1. The van der Waals surface area contributed by atoms with Crippen molar-refractivity contribution in [2.45, 2.75) is 59.2 Å². The summed E-state index contributed by atoms with van der Waals surface area (Å²) in [6, 6.07) is 12.4. The number of ether oxygens (including phenoxy) is 1. The zero-order valence-corrected chi connectivity index (χ0v) is 25.4. The van der Waals surface area contributed by atoms with Crippen LogP contribution in [0.25, 0.3) is 0 Å². The van der Waals surface area contributed by atoms with E-state index in [1.165, 1.54) is 0 Å². The molecular weight excluding hydrogens is 527 g/mol. The van der Waals surface area contributed by atoms with E-state index in [9.17, 15) is 0 Å². The van der Waals surface area contributed by atoms with Crippen LogP contribution in [0.15, 0.2) is 48.1 Å². The molecule has 0 saturated heterocycles. The fraction of sp³-hybridized carbons (Fsp3) is 0.500. The lowest BCUT2D eigenvalue weighted by molar-refractivity contribution is 0.176. The Hall–Kier alpha value is -3.29. The molecule has 0 aliphatic rings. The summed E-state index contributed by atoms with van der Waals surface area (Å²) in [5.74, 6) is 0.933. The summed E-state index contributed by atoms with van der Waals surface area (Å²) in [7, 11) is 2.41. The highest BCUT2D eigenvalue weighted by molar-refractivity contribution is 7.44. The lowest BCUT2D eigenvalue weighted by Gasteiger charge is -2.35. The van der Waals surface area contributed by atoms with Crippen molar-refractivity contribution in [1.82, 2.24) is 19.5 Å². The van der Waals surface area contributed by atoms with Gasteiger partial charge >= 0.3 is 0 Å². The van der Waals surface area contributed by atoms with Crippen molar-refractivity contribution in [3.63, 3.8) is 0 Å². The summed E-state index contributed by atoms with van der Waals surface area (Å²) >= 11 is 0. The number of aromatic nitrogens is 2. The predicted octanol–water partition coefficient (Wildman–Crippen LogP) is 5.49. The van der Waals surface area contributed by atoms with Gasteiger partial charge in [-0.25, -0.2) is 9.66 Å². The third-order valence-corrected chi connectivity index (χ3v) is 7.51. The first-order valence-corrected chi connectivity index (χ1v) is 14.5. The van der Waals surface area contributed by atoms with Gasteiger partial charge in [0.15, 0.2) is 5.82 Å². The number of nitrogens with zero attached hydrogens (tertiary/aromatic N) is 7. The van der Waals surface area contributed by atoms with E-state index in [1.54, 1.807) is 17.4 Å². The number of rotatable bonds is 18. The minimum Gasteiger partial charge on any atom is -0.471 e. The summed E-state index contributed by atoms with van der Waals surface area (Å²) in [6.45, 7) is 14.0. The molecule has 0 bridgehead atoms. The van der Waals surface area contributed by atoms with Crippen LogP contribution in [0.4, 0.5) is 17.5 Å². The quantitative estimate of drug-likeness (QED) is 0.106. The molecule has 2 aromatic rings. The van der Waals surface area contributed by atoms with E-state index in [2.05, 4.69) is 60.0 Å². The van der Waals surface area contributed by atoms with Crippen LogP contribution >= 0.6 is 8.53 Å². The van der Waals surface area contributed by atoms with Crippen molar-refractivity contribution >= 4 is 32.3 Å². The molecule has 1 heterocycles. The Bertz CT molecular complexity index is 1100. The summed E-state index contributed by atoms with van der Waals surface area (Å²) in [4.78, 5) is 17.0. The summed E-state index contributed by atoms with van der Waals surface area (Å²) < 4.78 is 20.4. The number of benzene rings is 1. The largest absolute Gasteiger partial charge is 0.471 e. The maximum Gasteiger partial charge on any atom is 0.259 e. The average molecular weight is 571 g/mol. The fourth-order valence-electron chi connectivity index (χ4n) is 3.68. The van der Waals surface area contributed by atoms with E-state index in [0.717, 1.165) is 5.56 Å². The Labute approximate surface area is 240 Å². The van der Waals surface area contributed by atoms with E-state index in [1.807, 2.05) is 49.3 Å². The number of anilines is 2. The first-order chi connectivity index (χ1) is 19.2. The summed E-state index contributed by atoms with van der Waals surface area (Å²) in [5, 5.41) is 8.93. The molecule has 40 heavy (non-hydrogen) atoms. The molecule has 12 heteroatoms. The Morgan fingerprint density at radius 3 is 2.38 bits per heavy atom. The Kier molecular flexibility index (Phi) is 14.3. The maximum absolute atomic E-state index is 8.93. The molecule has 2 rings (SSSR count). The highest BCUT2D eigenvalue weighted by Crippen LogP contribution is 2.46. The Morgan fingerprint density at radius 1 is 1.10 bits per heavy atom. The zero-order chi connectivity index (χ0) is 29.5. The Balaban J connectivity index is 2.18. The number of hydrogen-bond donors (Lipinski definition) is 1. The van der Waals surface area contributed by atoms with Crippen molar-refractivity contribution in [3.05, 3.63) is 48.7 Å². The van der Waals surface area contributed by atoms with Crippen molar-refractivity contribution < 1.29 is 13.8 Å². The second kappa shape index (κ2) is 17.4. The van der Waals surface area contributed by atoms with Gasteiger partial charge in [-0.3, -0.25) is 0 Å². The first-order valence-electron chi connectivity index (χ1n) is 13.3. The van der Waals surface area contributed by atoms with Crippen molar-refractivity contribution in [2.24, 2.45) is 4.99 Å². The lowest BCUT2D eigenvalue weighted by atomic mass is 10.2. The number of aliphatic imine (C=N–C) groups is 1. The smallest absolute Gasteiger partial charge is 0.259 e. The molecule has 0 fully saturated rings. The molecule has 0 aliphatic heterocycles. The topological polar surface area (TPSA) is 125 Å². The molecule has 1 aromatic carbocycles. The van der Waals surface area contributed by atoms with Gasteiger partial charge in [0, 0.05) is 32.7 Å². The molecule has 1 unspecified atom stereocenters. The van der Waals surface area contributed by atoms with Crippen LogP contribution < -0.4 is 15.4 Å².